The largest absolute Gasteiger partial charge is 0.314 e. The van der Waals surface area contributed by atoms with E-state index in [2.05, 4.69) is 22.9 Å². The molecule has 104 valence electrons. The second kappa shape index (κ2) is 8.95. The highest BCUT2D eigenvalue weighted by Gasteiger charge is 2.21. The van der Waals surface area contributed by atoms with Crippen LogP contribution in [-0.2, 0) is 0 Å². The maximum absolute atomic E-state index is 9.15. The minimum Gasteiger partial charge on any atom is -0.314 e. The highest BCUT2D eigenvalue weighted by molar-refractivity contribution is 5.85. The zero-order valence-electron chi connectivity index (χ0n) is 10.7. The average molecular weight is 300 g/mol. The summed E-state index contributed by atoms with van der Waals surface area (Å²) in [5.41, 5.74) is 1.81. The number of benzene rings is 1. The molecule has 0 radical (unpaired) electrons. The van der Waals surface area contributed by atoms with Crippen LogP contribution in [0.3, 0.4) is 0 Å². The Kier molecular flexibility index (Phi) is 8.46. The van der Waals surface area contributed by atoms with Crippen LogP contribution in [-0.4, -0.2) is 31.1 Å². The fourth-order valence-corrected chi connectivity index (χ4v) is 2.29. The molecule has 1 atom stereocenters. The van der Waals surface area contributed by atoms with Gasteiger partial charge in [0.05, 0.1) is 17.7 Å². The lowest BCUT2D eigenvalue weighted by atomic mass is 9.99. The summed E-state index contributed by atoms with van der Waals surface area (Å²) in [7, 11) is 0. The minimum absolute atomic E-state index is 0. The normalized spacial score (nSPS) is 16.4. The Morgan fingerprint density at radius 2 is 1.89 bits per heavy atom. The lowest BCUT2D eigenvalue weighted by Gasteiger charge is -2.33. The molecule has 5 heteroatoms. The fraction of sp³-hybridized carbons (Fsp3) is 0.357. The van der Waals surface area contributed by atoms with Gasteiger partial charge in [0, 0.05) is 26.2 Å². The Morgan fingerprint density at radius 1 is 1.26 bits per heavy atom. The number of nitrogens with one attached hydrogen (secondary N) is 1. The summed E-state index contributed by atoms with van der Waals surface area (Å²) in [4.78, 5) is 2.36. The van der Waals surface area contributed by atoms with E-state index in [0.29, 0.717) is 0 Å². The predicted octanol–water partition coefficient (Wildman–Crippen LogP) is 2.53. The Balaban J connectivity index is 0.00000162. The van der Waals surface area contributed by atoms with Crippen molar-refractivity contribution in [2.75, 3.05) is 26.2 Å². The molecule has 1 aliphatic heterocycles. The Hall–Kier alpha value is -1.05. The van der Waals surface area contributed by atoms with Crippen molar-refractivity contribution in [2.24, 2.45) is 0 Å². The number of hydrogen-bond acceptors (Lipinski definition) is 3. The van der Waals surface area contributed by atoms with Gasteiger partial charge in [-0.25, -0.2) is 0 Å². The van der Waals surface area contributed by atoms with E-state index in [1.54, 1.807) is 0 Å². The second-order valence-corrected chi connectivity index (χ2v) is 4.17. The first kappa shape index (κ1) is 17.9. The molecule has 3 nitrogen and oxygen atoms in total. The van der Waals surface area contributed by atoms with E-state index in [1.807, 2.05) is 30.3 Å². The molecular formula is C14H19Cl2N3. The topological polar surface area (TPSA) is 39.1 Å². The van der Waals surface area contributed by atoms with Gasteiger partial charge in [0.25, 0.3) is 0 Å². The minimum atomic E-state index is 0. The van der Waals surface area contributed by atoms with E-state index in [9.17, 15) is 0 Å². The SMILES string of the molecule is C=C[C@H](c1ccccc1C#N)N1CCNCC1.Cl.Cl. The molecule has 0 bridgehead atoms. The summed E-state index contributed by atoms with van der Waals surface area (Å²) >= 11 is 0. The summed E-state index contributed by atoms with van der Waals surface area (Å²) in [5.74, 6) is 0. The summed E-state index contributed by atoms with van der Waals surface area (Å²) in [6, 6.07) is 10.2. The van der Waals surface area contributed by atoms with Crippen LogP contribution in [0.1, 0.15) is 17.2 Å². The van der Waals surface area contributed by atoms with Crippen LogP contribution in [0.25, 0.3) is 0 Å². The van der Waals surface area contributed by atoms with Gasteiger partial charge in [-0.3, -0.25) is 4.90 Å². The number of piperazine rings is 1. The van der Waals surface area contributed by atoms with Crippen molar-refractivity contribution >= 4 is 24.8 Å². The van der Waals surface area contributed by atoms with Gasteiger partial charge < -0.3 is 5.32 Å². The quantitative estimate of drug-likeness (QED) is 0.872. The van der Waals surface area contributed by atoms with E-state index in [0.717, 1.165) is 37.3 Å². The zero-order valence-corrected chi connectivity index (χ0v) is 12.3. The highest BCUT2D eigenvalue weighted by atomic mass is 35.5. The van der Waals surface area contributed by atoms with E-state index < -0.39 is 0 Å². The molecule has 0 aliphatic carbocycles. The van der Waals surface area contributed by atoms with Gasteiger partial charge in [-0.05, 0) is 11.6 Å². The van der Waals surface area contributed by atoms with Gasteiger partial charge in [0.15, 0.2) is 0 Å². The van der Waals surface area contributed by atoms with Crippen LogP contribution < -0.4 is 5.32 Å². The Labute approximate surface area is 127 Å². The number of nitrogens with zero attached hydrogens (tertiary/aromatic N) is 2. The molecule has 0 unspecified atom stereocenters. The van der Waals surface area contributed by atoms with Crippen LogP contribution in [0.15, 0.2) is 36.9 Å². The first-order chi connectivity index (χ1) is 8.36. The molecule has 0 amide bonds. The molecule has 1 aromatic rings. The van der Waals surface area contributed by atoms with E-state index in [-0.39, 0.29) is 30.9 Å². The molecule has 1 heterocycles. The number of hydrogen-bond donors (Lipinski definition) is 1. The Bertz CT molecular complexity index is 437. The lowest BCUT2D eigenvalue weighted by molar-refractivity contribution is 0.203. The number of nitriles is 1. The fourth-order valence-electron chi connectivity index (χ4n) is 2.29. The summed E-state index contributed by atoms with van der Waals surface area (Å²) < 4.78 is 0. The summed E-state index contributed by atoms with van der Waals surface area (Å²) in [6.07, 6.45) is 1.93. The lowest BCUT2D eigenvalue weighted by Crippen LogP contribution is -2.44. The second-order valence-electron chi connectivity index (χ2n) is 4.17. The highest BCUT2D eigenvalue weighted by Crippen LogP contribution is 2.24. The maximum Gasteiger partial charge on any atom is 0.0995 e. The predicted molar refractivity (Wildman–Crippen MR) is 83.0 cm³/mol. The molecule has 1 saturated heterocycles. The molecule has 0 aromatic heterocycles. The van der Waals surface area contributed by atoms with Gasteiger partial charge in [-0.1, -0.05) is 24.3 Å². The molecule has 2 rings (SSSR count). The van der Waals surface area contributed by atoms with Crippen molar-refractivity contribution in [1.29, 1.82) is 5.26 Å². The molecule has 1 N–H and O–H groups in total. The van der Waals surface area contributed by atoms with Crippen LogP contribution in [0.5, 0.6) is 0 Å². The van der Waals surface area contributed by atoms with Gasteiger partial charge in [0.1, 0.15) is 0 Å². The average Bonchev–Trinajstić information content (AvgIpc) is 2.41. The molecule has 0 saturated carbocycles. The van der Waals surface area contributed by atoms with Crippen molar-refractivity contribution in [3.63, 3.8) is 0 Å². The van der Waals surface area contributed by atoms with Crippen molar-refractivity contribution in [1.82, 2.24) is 10.2 Å². The zero-order chi connectivity index (χ0) is 12.1. The molecule has 0 spiro atoms. The van der Waals surface area contributed by atoms with Crippen molar-refractivity contribution < 1.29 is 0 Å². The molecular weight excluding hydrogens is 281 g/mol. The smallest absolute Gasteiger partial charge is 0.0995 e. The van der Waals surface area contributed by atoms with Gasteiger partial charge >= 0.3 is 0 Å². The standard InChI is InChI=1S/C14H17N3.2ClH/c1-2-14(17-9-7-16-8-10-17)13-6-4-3-5-12(13)11-15;;/h2-6,14,16H,1,7-10H2;2*1H/t14-;;/m1../s1. The van der Waals surface area contributed by atoms with Crippen molar-refractivity contribution in [2.45, 2.75) is 6.04 Å². The van der Waals surface area contributed by atoms with E-state index in [4.69, 9.17) is 5.26 Å². The third kappa shape index (κ3) is 4.22. The number of halogens is 2. The van der Waals surface area contributed by atoms with E-state index in [1.165, 1.54) is 0 Å². The molecule has 19 heavy (non-hydrogen) atoms. The van der Waals surface area contributed by atoms with Crippen molar-refractivity contribution in [3.8, 4) is 6.07 Å². The van der Waals surface area contributed by atoms with Gasteiger partial charge in [0.2, 0.25) is 0 Å². The maximum atomic E-state index is 9.15. The summed E-state index contributed by atoms with van der Waals surface area (Å²) in [6.45, 7) is 7.91. The first-order valence-corrected chi connectivity index (χ1v) is 5.93. The molecule has 1 fully saturated rings. The Morgan fingerprint density at radius 3 is 2.47 bits per heavy atom. The molecule has 1 aromatic carbocycles. The number of rotatable bonds is 3. The summed E-state index contributed by atoms with van der Waals surface area (Å²) in [5, 5.41) is 12.5. The first-order valence-electron chi connectivity index (χ1n) is 5.93. The van der Waals surface area contributed by atoms with Crippen LogP contribution in [0.4, 0.5) is 0 Å². The van der Waals surface area contributed by atoms with Crippen molar-refractivity contribution in [3.05, 3.63) is 48.0 Å². The third-order valence-electron chi connectivity index (χ3n) is 3.17. The van der Waals surface area contributed by atoms with Crippen LogP contribution >= 0.6 is 24.8 Å². The molecule has 1 aliphatic rings. The monoisotopic (exact) mass is 299 g/mol. The van der Waals surface area contributed by atoms with Crippen LogP contribution in [0, 0.1) is 11.3 Å². The van der Waals surface area contributed by atoms with Gasteiger partial charge in [-0.2, -0.15) is 5.26 Å². The van der Waals surface area contributed by atoms with Crippen LogP contribution in [0.2, 0.25) is 0 Å². The third-order valence-corrected chi connectivity index (χ3v) is 3.17. The van der Waals surface area contributed by atoms with E-state index >= 15 is 0 Å². The van der Waals surface area contributed by atoms with Gasteiger partial charge in [-0.15, -0.1) is 31.4 Å².